The summed E-state index contributed by atoms with van der Waals surface area (Å²) in [5, 5.41) is 0. The van der Waals surface area contributed by atoms with Gasteiger partial charge >= 0.3 is 7.12 Å². The average Bonchev–Trinajstić information content (AvgIpc) is 3.84. The van der Waals surface area contributed by atoms with Gasteiger partial charge in [0.2, 0.25) is 0 Å². The number of hydrogen-bond donors (Lipinski definition) is 0. The molecule has 3 heterocycles. The van der Waals surface area contributed by atoms with Crippen molar-refractivity contribution in [2.45, 2.75) is 127 Å². The molecule has 1 spiro atoms. The number of aromatic nitrogens is 2. The second-order valence-electron chi connectivity index (χ2n) is 24.5. The van der Waals surface area contributed by atoms with Crippen molar-refractivity contribution in [1.82, 2.24) is 9.97 Å². The van der Waals surface area contributed by atoms with Crippen LogP contribution >= 0.6 is 0 Å². The quantitative estimate of drug-likeness (QED) is 0.149. The maximum absolute atomic E-state index is 6.78. The average molecular weight is 915 g/mol. The molecule has 0 radical (unpaired) electrons. The van der Waals surface area contributed by atoms with E-state index >= 15 is 0 Å². The third-order valence-corrected chi connectivity index (χ3v) is 20.4. The molecule has 1 saturated heterocycles. The molecule has 7 bridgehead atoms. The van der Waals surface area contributed by atoms with E-state index in [-0.39, 0.29) is 0 Å². The first kappa shape index (κ1) is 42.1. The lowest BCUT2D eigenvalue weighted by atomic mass is 9.56. The summed E-state index contributed by atoms with van der Waals surface area (Å²) in [5.41, 5.74) is 20.9. The van der Waals surface area contributed by atoms with E-state index < -0.39 is 18.3 Å². The van der Waals surface area contributed by atoms with Crippen molar-refractivity contribution < 1.29 is 9.31 Å². The maximum Gasteiger partial charge on any atom is 0.494 e. The smallest absolute Gasteiger partial charge is 0.399 e. The monoisotopic (exact) mass is 914 g/mol. The molecule has 7 aromatic rings. The highest BCUT2D eigenvalue weighted by molar-refractivity contribution is 6.62. The maximum atomic E-state index is 6.78. The van der Waals surface area contributed by atoms with Crippen LogP contribution in [-0.2, 0) is 9.31 Å². The van der Waals surface area contributed by atoms with Gasteiger partial charge in [-0.05, 0) is 236 Å². The summed E-state index contributed by atoms with van der Waals surface area (Å²) in [5.74, 6) is 6.74. The first-order valence-electron chi connectivity index (χ1n) is 26.9. The van der Waals surface area contributed by atoms with Crippen LogP contribution in [0, 0.1) is 29.1 Å². The third kappa shape index (κ3) is 6.42. The fourth-order valence-corrected chi connectivity index (χ4v) is 16.4. The van der Waals surface area contributed by atoms with Crippen LogP contribution in [0.25, 0.3) is 67.0 Å². The lowest BCUT2D eigenvalue weighted by Gasteiger charge is -2.48. The van der Waals surface area contributed by atoms with Crippen LogP contribution in [-0.4, -0.2) is 28.3 Å². The lowest BCUT2D eigenvalue weighted by molar-refractivity contribution is 0.00322. The van der Waals surface area contributed by atoms with Crippen molar-refractivity contribution in [2.75, 3.05) is 0 Å². The molecule has 70 heavy (non-hydrogen) atoms. The zero-order valence-corrected chi connectivity index (χ0v) is 41.3. The standard InChI is InChI=1S/C65H63BN2O2/c1-63(2)64(3,4)70-66(69-63)52-29-46(55-11-7-5-9-53(55)42-15-19-61(67-36-42)40-13-17-57-44-22-38-21-39(23-44)25-45(24-38)59(57)31-40)26-47(30-52)56-12-8-6-10-54(56)43-16-20-62(68-37-43)41-14-18-58-48-27-50-33-51-28-49(60(58)32-41)35-65(50,51)34-48/h5-20,26,29-32,36-39,44-45,48-51H,21-25,27-28,33-35H2,1-4H3. The SMILES string of the molecule is CC1(C)OB(c2cc(-c3ccccc3-c3ccc(-c4ccc5c(c4)C4CC6CC(CC5C6)C4)nc3)cc(-c3ccccc3-c3ccc(-c4ccc5c(c4)C4CC6CC7CC5CC76C4)nc3)c2)OC1(C)C. The van der Waals surface area contributed by atoms with E-state index in [0.717, 1.165) is 103 Å². The first-order valence-corrected chi connectivity index (χ1v) is 26.9. The molecule has 7 unspecified atom stereocenters. The van der Waals surface area contributed by atoms with Gasteiger partial charge in [0.05, 0.1) is 22.6 Å². The van der Waals surface area contributed by atoms with Crippen molar-refractivity contribution in [2.24, 2.45) is 29.1 Å². The molecule has 5 aromatic carbocycles. The molecular formula is C65H63BN2O2. The highest BCUT2D eigenvalue weighted by Crippen LogP contribution is 2.76. The van der Waals surface area contributed by atoms with E-state index in [1.807, 2.05) is 0 Å². The Bertz CT molecular complexity index is 3230. The number of nitrogens with zero attached hydrogens (tertiary/aromatic N) is 2. The van der Waals surface area contributed by atoms with Crippen LogP contribution < -0.4 is 5.46 Å². The molecule has 9 aliphatic rings. The first-order chi connectivity index (χ1) is 34.0. The van der Waals surface area contributed by atoms with E-state index in [4.69, 9.17) is 19.3 Å². The van der Waals surface area contributed by atoms with Gasteiger partial charge in [0.25, 0.3) is 0 Å². The van der Waals surface area contributed by atoms with Crippen LogP contribution in [0.15, 0.2) is 140 Å². The Labute approximate surface area is 414 Å². The zero-order chi connectivity index (χ0) is 46.7. The highest BCUT2D eigenvalue weighted by Gasteiger charge is 2.65. The van der Waals surface area contributed by atoms with Crippen molar-refractivity contribution in [3.8, 4) is 67.0 Å². The summed E-state index contributed by atoms with van der Waals surface area (Å²) in [7, 11) is -0.521. The Kier molecular flexibility index (Phi) is 9.14. The summed E-state index contributed by atoms with van der Waals surface area (Å²) in [6, 6.07) is 48.2. The predicted octanol–water partition coefficient (Wildman–Crippen LogP) is 15.6. The summed E-state index contributed by atoms with van der Waals surface area (Å²) >= 11 is 0. The second kappa shape index (κ2) is 15.2. The molecule has 1 aliphatic heterocycles. The molecule has 6 fully saturated rings. The van der Waals surface area contributed by atoms with Crippen LogP contribution in [0.2, 0.25) is 0 Å². The van der Waals surface area contributed by atoms with E-state index in [1.165, 1.54) is 75.3 Å². The van der Waals surface area contributed by atoms with Crippen molar-refractivity contribution in [3.63, 3.8) is 0 Å². The zero-order valence-electron chi connectivity index (χ0n) is 41.3. The van der Waals surface area contributed by atoms with Crippen molar-refractivity contribution in [1.29, 1.82) is 0 Å². The highest BCUT2D eigenvalue weighted by atomic mass is 16.7. The van der Waals surface area contributed by atoms with Gasteiger partial charge in [-0.1, -0.05) is 97.1 Å². The predicted molar refractivity (Wildman–Crippen MR) is 284 cm³/mol. The molecule has 8 aliphatic carbocycles. The Morgan fingerprint density at radius 2 is 0.857 bits per heavy atom. The minimum Gasteiger partial charge on any atom is -0.399 e. The summed E-state index contributed by atoms with van der Waals surface area (Å²) in [4.78, 5) is 10.4. The number of fused-ring (bicyclic) bond motifs is 5. The molecule has 4 nitrogen and oxygen atoms in total. The lowest BCUT2D eigenvalue weighted by Crippen LogP contribution is -2.41. The van der Waals surface area contributed by atoms with Crippen molar-refractivity contribution >= 4 is 12.6 Å². The van der Waals surface area contributed by atoms with E-state index in [2.05, 4.69) is 167 Å². The van der Waals surface area contributed by atoms with Crippen LogP contribution in [0.4, 0.5) is 0 Å². The molecule has 2 aromatic heterocycles. The molecule has 0 amide bonds. The van der Waals surface area contributed by atoms with E-state index in [9.17, 15) is 0 Å². The number of pyridine rings is 2. The molecule has 0 N–H and O–H groups in total. The molecular weight excluding hydrogens is 852 g/mol. The molecule has 16 rings (SSSR count). The third-order valence-electron chi connectivity index (χ3n) is 20.4. The van der Waals surface area contributed by atoms with Crippen molar-refractivity contribution in [3.05, 3.63) is 162 Å². The van der Waals surface area contributed by atoms with Gasteiger partial charge in [-0.25, -0.2) is 0 Å². The van der Waals surface area contributed by atoms with Gasteiger partial charge in [-0.15, -0.1) is 0 Å². The van der Waals surface area contributed by atoms with Crippen LogP contribution in [0.1, 0.15) is 138 Å². The largest absolute Gasteiger partial charge is 0.494 e. The Morgan fingerprint density at radius 3 is 1.36 bits per heavy atom. The van der Waals surface area contributed by atoms with Gasteiger partial charge in [-0.2, -0.15) is 0 Å². The molecule has 5 saturated carbocycles. The molecule has 348 valence electrons. The van der Waals surface area contributed by atoms with E-state index in [0.29, 0.717) is 11.3 Å². The summed E-state index contributed by atoms with van der Waals surface area (Å²) in [6.45, 7) is 8.54. The minimum absolute atomic E-state index is 0.475. The second-order valence-corrected chi connectivity index (χ2v) is 24.5. The van der Waals surface area contributed by atoms with Gasteiger partial charge in [0, 0.05) is 34.6 Å². The van der Waals surface area contributed by atoms with Gasteiger partial charge in [-0.3, -0.25) is 9.97 Å². The minimum atomic E-state index is -0.521. The number of benzene rings is 5. The van der Waals surface area contributed by atoms with Gasteiger partial charge < -0.3 is 9.31 Å². The normalized spacial score (nSPS) is 29.9. The Morgan fingerprint density at radius 1 is 0.414 bits per heavy atom. The molecule has 7 atom stereocenters. The Hall–Kier alpha value is -5.62. The summed E-state index contributed by atoms with van der Waals surface area (Å²) < 4.78 is 13.6. The Balaban J connectivity index is 0.775. The molecule has 5 heteroatoms. The van der Waals surface area contributed by atoms with Crippen LogP contribution in [0.3, 0.4) is 0 Å². The summed E-state index contributed by atoms with van der Waals surface area (Å²) in [6.07, 6.45) is 18.3. The van der Waals surface area contributed by atoms with E-state index in [1.54, 1.807) is 22.3 Å². The number of hydrogen-bond acceptors (Lipinski definition) is 4. The number of rotatable bonds is 7. The fourth-order valence-electron chi connectivity index (χ4n) is 16.4. The van der Waals surface area contributed by atoms with Gasteiger partial charge in [0.1, 0.15) is 0 Å². The topological polar surface area (TPSA) is 44.2 Å². The van der Waals surface area contributed by atoms with Gasteiger partial charge in [0.15, 0.2) is 0 Å². The fraction of sp³-hybridized carbons (Fsp3) is 0.385. The van der Waals surface area contributed by atoms with Crippen LogP contribution in [0.5, 0.6) is 0 Å².